The molecule has 0 aromatic heterocycles. The van der Waals surface area contributed by atoms with Crippen LogP contribution in [0.3, 0.4) is 0 Å². The van der Waals surface area contributed by atoms with Crippen molar-refractivity contribution in [1.29, 1.82) is 0 Å². The molecule has 1 aliphatic heterocycles. The van der Waals surface area contributed by atoms with Crippen LogP contribution in [0, 0.1) is 0 Å². The van der Waals surface area contributed by atoms with E-state index in [0.717, 1.165) is 16.8 Å². The fourth-order valence-corrected chi connectivity index (χ4v) is 6.20. The minimum absolute atomic E-state index is 0.290. The van der Waals surface area contributed by atoms with Crippen molar-refractivity contribution in [3.05, 3.63) is 102 Å². The molecule has 0 bridgehead atoms. The molecule has 4 rings (SSSR count). The van der Waals surface area contributed by atoms with E-state index in [9.17, 15) is 4.57 Å². The van der Waals surface area contributed by atoms with Crippen molar-refractivity contribution >= 4 is 18.5 Å². The molecular formula is C23H23N2O2P. The summed E-state index contributed by atoms with van der Waals surface area (Å²) in [6.45, 7) is 2.76. The van der Waals surface area contributed by atoms with Gasteiger partial charge in [0, 0.05) is 5.56 Å². The predicted octanol–water partition coefficient (Wildman–Crippen LogP) is 5.92. The molecule has 0 aliphatic carbocycles. The quantitative estimate of drug-likeness (QED) is 0.508. The van der Waals surface area contributed by atoms with E-state index < -0.39 is 7.37 Å². The van der Waals surface area contributed by atoms with E-state index in [1.54, 1.807) is 0 Å². The first-order valence-electron chi connectivity index (χ1n) is 9.49. The van der Waals surface area contributed by atoms with Gasteiger partial charge >= 0.3 is 0 Å². The van der Waals surface area contributed by atoms with Gasteiger partial charge in [-0.1, -0.05) is 78.9 Å². The highest BCUT2D eigenvalue weighted by atomic mass is 31.2. The van der Waals surface area contributed by atoms with E-state index in [4.69, 9.17) is 9.63 Å². The summed E-state index contributed by atoms with van der Waals surface area (Å²) >= 11 is 0. The Hall–Kier alpha value is -2.68. The van der Waals surface area contributed by atoms with Crippen LogP contribution in [0.4, 0.5) is 5.69 Å². The second kappa shape index (κ2) is 8.14. The molecule has 0 fully saturated rings. The number of nitrogens with zero attached hydrogens (tertiary/aromatic N) is 2. The monoisotopic (exact) mass is 390 g/mol. The molecule has 4 nitrogen and oxygen atoms in total. The van der Waals surface area contributed by atoms with E-state index in [1.165, 1.54) is 0 Å². The molecule has 5 heteroatoms. The maximum absolute atomic E-state index is 14.3. The number of para-hydroxylation sites is 1. The molecule has 28 heavy (non-hydrogen) atoms. The lowest BCUT2D eigenvalue weighted by Gasteiger charge is -2.37. The van der Waals surface area contributed by atoms with Crippen LogP contribution in [-0.4, -0.2) is 18.6 Å². The third-order valence-corrected chi connectivity index (χ3v) is 7.72. The molecule has 1 aliphatic rings. The fraction of sp³-hybridized carbons (Fsp3) is 0.174. The summed E-state index contributed by atoms with van der Waals surface area (Å²) in [5.41, 5.74) is 3.05. The summed E-state index contributed by atoms with van der Waals surface area (Å²) < 4.78 is 20.3. The van der Waals surface area contributed by atoms with Crippen molar-refractivity contribution in [2.75, 3.05) is 18.2 Å². The summed E-state index contributed by atoms with van der Waals surface area (Å²) in [5.74, 6) is 0. The second-order valence-electron chi connectivity index (χ2n) is 6.65. The van der Waals surface area contributed by atoms with Crippen molar-refractivity contribution in [2.45, 2.75) is 12.6 Å². The average molecular weight is 390 g/mol. The molecule has 0 saturated carbocycles. The Morgan fingerprint density at radius 3 is 2.11 bits per heavy atom. The highest BCUT2D eigenvalue weighted by Gasteiger charge is 2.45. The standard InChI is InChI=1S/C23H23N2O2P/c1-2-27-28(26)22(19-12-6-3-7-13-19)18-25(21-16-10-5-11-17-21)24-23(28)20-14-8-4-9-15-20/h3-17,22H,2,18H2,1H3. The van der Waals surface area contributed by atoms with E-state index in [0.29, 0.717) is 18.6 Å². The van der Waals surface area contributed by atoms with Gasteiger partial charge in [0.05, 0.1) is 24.5 Å². The molecule has 2 atom stereocenters. The number of anilines is 1. The zero-order chi connectivity index (χ0) is 19.4. The van der Waals surface area contributed by atoms with Gasteiger partial charge in [-0.15, -0.1) is 0 Å². The minimum Gasteiger partial charge on any atom is -0.324 e. The average Bonchev–Trinajstić information content (AvgIpc) is 2.76. The number of hydrogen-bond donors (Lipinski definition) is 0. The molecule has 3 aromatic rings. The molecule has 0 amide bonds. The molecule has 142 valence electrons. The lowest BCUT2D eigenvalue weighted by Crippen LogP contribution is -2.32. The van der Waals surface area contributed by atoms with Gasteiger partial charge in [0.2, 0.25) is 0 Å². The van der Waals surface area contributed by atoms with Gasteiger partial charge < -0.3 is 4.52 Å². The van der Waals surface area contributed by atoms with Crippen LogP contribution in [0.15, 0.2) is 96.1 Å². The van der Waals surface area contributed by atoms with Crippen molar-refractivity contribution < 1.29 is 9.09 Å². The number of hydrazone groups is 1. The van der Waals surface area contributed by atoms with Gasteiger partial charge in [-0.25, -0.2) is 0 Å². The van der Waals surface area contributed by atoms with Crippen LogP contribution in [0.25, 0.3) is 0 Å². The third kappa shape index (κ3) is 3.54. The summed E-state index contributed by atoms with van der Waals surface area (Å²) in [6.07, 6.45) is 0. The summed E-state index contributed by atoms with van der Waals surface area (Å²) in [6, 6.07) is 29.7. The lowest BCUT2D eigenvalue weighted by molar-refractivity contribution is 0.334. The normalized spacial score (nSPS) is 22.0. The SMILES string of the molecule is CCOP1(=O)C(c2ccccc2)=NN(c2ccccc2)CC1c1ccccc1. The van der Waals surface area contributed by atoms with Crippen molar-refractivity contribution in [1.82, 2.24) is 0 Å². The maximum atomic E-state index is 14.3. The van der Waals surface area contributed by atoms with Crippen LogP contribution < -0.4 is 5.01 Å². The highest BCUT2D eigenvalue weighted by Crippen LogP contribution is 2.64. The first-order chi connectivity index (χ1) is 13.7. The first-order valence-corrected chi connectivity index (χ1v) is 11.2. The van der Waals surface area contributed by atoms with Crippen LogP contribution in [0.2, 0.25) is 0 Å². The molecule has 0 radical (unpaired) electrons. The fourth-order valence-electron chi connectivity index (χ4n) is 3.54. The Kier molecular flexibility index (Phi) is 5.43. The largest absolute Gasteiger partial charge is 0.324 e. The molecule has 0 spiro atoms. The van der Waals surface area contributed by atoms with Crippen molar-refractivity contribution in [2.24, 2.45) is 5.10 Å². The van der Waals surface area contributed by atoms with E-state index in [1.807, 2.05) is 103 Å². The Balaban J connectivity index is 1.90. The molecular weight excluding hydrogens is 367 g/mol. The molecule has 0 saturated heterocycles. The summed E-state index contributed by atoms with van der Waals surface area (Å²) in [5, 5.41) is 6.77. The third-order valence-electron chi connectivity index (χ3n) is 4.86. The smallest absolute Gasteiger partial charge is 0.261 e. The Morgan fingerprint density at radius 1 is 0.929 bits per heavy atom. The van der Waals surface area contributed by atoms with Gasteiger partial charge in [0.25, 0.3) is 7.37 Å². The van der Waals surface area contributed by atoms with Crippen molar-refractivity contribution in [3.8, 4) is 0 Å². The summed E-state index contributed by atoms with van der Waals surface area (Å²) in [7, 11) is -3.23. The summed E-state index contributed by atoms with van der Waals surface area (Å²) in [4.78, 5) is 0. The van der Waals surface area contributed by atoms with Crippen LogP contribution in [0.1, 0.15) is 23.7 Å². The zero-order valence-electron chi connectivity index (χ0n) is 15.8. The van der Waals surface area contributed by atoms with Crippen molar-refractivity contribution in [3.63, 3.8) is 0 Å². The molecule has 0 N–H and O–H groups in total. The Bertz CT molecular complexity index is 991. The van der Waals surface area contributed by atoms with Gasteiger partial charge in [-0.05, 0) is 24.6 Å². The zero-order valence-corrected chi connectivity index (χ0v) is 16.7. The number of hydrogen-bond acceptors (Lipinski definition) is 4. The van der Waals surface area contributed by atoms with Gasteiger partial charge in [0.15, 0.2) is 5.45 Å². The van der Waals surface area contributed by atoms with E-state index in [-0.39, 0.29) is 5.66 Å². The lowest BCUT2D eigenvalue weighted by atomic mass is 10.1. The van der Waals surface area contributed by atoms with Crippen LogP contribution in [0.5, 0.6) is 0 Å². The molecule has 3 aromatic carbocycles. The van der Waals surface area contributed by atoms with Crippen LogP contribution in [-0.2, 0) is 9.09 Å². The van der Waals surface area contributed by atoms with Crippen LogP contribution >= 0.6 is 7.37 Å². The topological polar surface area (TPSA) is 41.9 Å². The molecule has 2 unspecified atom stereocenters. The van der Waals surface area contributed by atoms with E-state index >= 15 is 0 Å². The van der Waals surface area contributed by atoms with Gasteiger partial charge in [-0.3, -0.25) is 9.57 Å². The predicted molar refractivity (Wildman–Crippen MR) is 115 cm³/mol. The number of benzene rings is 3. The van der Waals surface area contributed by atoms with Gasteiger partial charge in [0.1, 0.15) is 0 Å². The Morgan fingerprint density at radius 2 is 1.50 bits per heavy atom. The van der Waals surface area contributed by atoms with Gasteiger partial charge in [-0.2, -0.15) is 5.10 Å². The first kappa shape index (κ1) is 18.7. The second-order valence-corrected chi connectivity index (χ2v) is 9.15. The highest BCUT2D eigenvalue weighted by molar-refractivity contribution is 7.77. The van der Waals surface area contributed by atoms with E-state index in [2.05, 4.69) is 0 Å². The molecule has 1 heterocycles. The Labute approximate surface area is 165 Å². The number of rotatable bonds is 5. The minimum atomic E-state index is -3.23. The maximum Gasteiger partial charge on any atom is 0.261 e.